The van der Waals surface area contributed by atoms with Gasteiger partial charge in [0.05, 0.1) is 11.6 Å². The van der Waals surface area contributed by atoms with Crippen LogP contribution in [0.25, 0.3) is 16.9 Å². The number of hydrogen-bond acceptors (Lipinski definition) is 5. The molecule has 1 aliphatic carbocycles. The van der Waals surface area contributed by atoms with Gasteiger partial charge in [0.25, 0.3) is 5.95 Å². The Bertz CT molecular complexity index is 912. The van der Waals surface area contributed by atoms with Crippen LogP contribution in [0.4, 0.5) is 5.82 Å². The number of ether oxygens (including phenoxy) is 1. The summed E-state index contributed by atoms with van der Waals surface area (Å²) in [5.74, 6) is 2.55. The molecule has 1 saturated heterocycles. The molecule has 0 amide bonds. The van der Waals surface area contributed by atoms with Gasteiger partial charge in [-0.3, -0.25) is 0 Å². The summed E-state index contributed by atoms with van der Waals surface area (Å²) >= 11 is 0. The van der Waals surface area contributed by atoms with Gasteiger partial charge < -0.3 is 9.64 Å². The average Bonchev–Trinajstić information content (AvgIpc) is 3.42. The van der Waals surface area contributed by atoms with E-state index in [4.69, 9.17) is 14.7 Å². The van der Waals surface area contributed by atoms with Gasteiger partial charge >= 0.3 is 0 Å². The minimum Gasteiger partial charge on any atom is -0.490 e. The predicted molar refractivity (Wildman–Crippen MR) is 106 cm³/mol. The Morgan fingerprint density at radius 2 is 1.81 bits per heavy atom. The first-order valence-corrected chi connectivity index (χ1v) is 10.1. The van der Waals surface area contributed by atoms with E-state index in [-0.39, 0.29) is 0 Å². The van der Waals surface area contributed by atoms with E-state index in [1.807, 2.05) is 18.3 Å². The summed E-state index contributed by atoms with van der Waals surface area (Å²) in [4.78, 5) is 12.0. The van der Waals surface area contributed by atoms with E-state index in [1.54, 1.807) is 10.9 Å². The Morgan fingerprint density at radius 1 is 0.963 bits per heavy atom. The fourth-order valence-corrected chi connectivity index (χ4v) is 4.19. The first kappa shape index (κ1) is 16.5. The van der Waals surface area contributed by atoms with E-state index in [1.165, 1.54) is 32.1 Å². The average molecular weight is 363 g/mol. The molecule has 1 aromatic carbocycles. The van der Waals surface area contributed by atoms with E-state index in [0.29, 0.717) is 12.1 Å². The molecular weight excluding hydrogens is 338 g/mol. The molecule has 5 rings (SSSR count). The lowest BCUT2D eigenvalue weighted by Gasteiger charge is -2.24. The van der Waals surface area contributed by atoms with Gasteiger partial charge in [-0.1, -0.05) is 6.42 Å². The Hall–Kier alpha value is -2.63. The molecule has 3 heterocycles. The van der Waals surface area contributed by atoms with Crippen molar-refractivity contribution in [2.24, 2.45) is 0 Å². The molecule has 1 saturated carbocycles. The minimum absolute atomic E-state index is 0.343. The van der Waals surface area contributed by atoms with Crippen molar-refractivity contribution in [3.05, 3.63) is 36.7 Å². The van der Waals surface area contributed by atoms with Gasteiger partial charge in [-0.25, -0.2) is 9.67 Å². The van der Waals surface area contributed by atoms with Crippen LogP contribution < -0.4 is 9.64 Å². The zero-order chi connectivity index (χ0) is 18.1. The fraction of sp³-hybridized carbons (Fsp3) is 0.476. The van der Waals surface area contributed by atoms with Crippen LogP contribution in [0.15, 0.2) is 36.7 Å². The van der Waals surface area contributed by atoms with Crippen molar-refractivity contribution in [1.29, 1.82) is 0 Å². The molecular formula is C21H25N5O. The Labute approximate surface area is 159 Å². The quantitative estimate of drug-likeness (QED) is 0.698. The lowest BCUT2D eigenvalue weighted by atomic mass is 9.98. The van der Waals surface area contributed by atoms with Gasteiger partial charge in [-0.05, 0) is 62.8 Å². The van der Waals surface area contributed by atoms with E-state index in [2.05, 4.69) is 22.1 Å². The molecule has 1 aliphatic heterocycles. The second-order valence-corrected chi connectivity index (χ2v) is 7.55. The summed E-state index contributed by atoms with van der Waals surface area (Å²) in [6.07, 6.45) is 12.6. The number of rotatable bonds is 4. The third kappa shape index (κ3) is 3.36. The molecule has 6 heteroatoms. The molecule has 0 bridgehead atoms. The van der Waals surface area contributed by atoms with Crippen LogP contribution in [0.5, 0.6) is 5.75 Å². The van der Waals surface area contributed by atoms with Crippen LogP contribution in [0, 0.1) is 0 Å². The highest BCUT2D eigenvalue weighted by Crippen LogP contribution is 2.32. The first-order valence-electron chi connectivity index (χ1n) is 10.1. The van der Waals surface area contributed by atoms with E-state index in [9.17, 15) is 0 Å². The largest absolute Gasteiger partial charge is 0.490 e. The second kappa shape index (κ2) is 7.18. The summed E-state index contributed by atoms with van der Waals surface area (Å²) in [5.41, 5.74) is 0.938. The standard InChI is InChI=1S/C21H25N5O/c1-2-7-16(8-3-1)27-17-9-10-19-18(15-17)20(25-12-4-5-13-25)24-21(23-19)26-14-6-11-22-26/h6,9-11,14-16H,1-5,7-8,12-13H2. The molecule has 0 N–H and O–H groups in total. The lowest BCUT2D eigenvalue weighted by molar-refractivity contribution is 0.155. The van der Waals surface area contributed by atoms with Crippen molar-refractivity contribution in [3.63, 3.8) is 0 Å². The van der Waals surface area contributed by atoms with Crippen molar-refractivity contribution < 1.29 is 4.74 Å². The topological polar surface area (TPSA) is 56.1 Å². The van der Waals surface area contributed by atoms with Crippen LogP contribution in [-0.2, 0) is 0 Å². The third-order valence-electron chi connectivity index (χ3n) is 5.61. The Morgan fingerprint density at radius 3 is 2.59 bits per heavy atom. The molecule has 6 nitrogen and oxygen atoms in total. The van der Waals surface area contributed by atoms with Crippen molar-refractivity contribution in [2.75, 3.05) is 18.0 Å². The molecule has 2 fully saturated rings. The maximum Gasteiger partial charge on any atom is 0.253 e. The number of nitrogens with zero attached hydrogens (tertiary/aromatic N) is 5. The number of hydrogen-bond donors (Lipinski definition) is 0. The smallest absolute Gasteiger partial charge is 0.253 e. The van der Waals surface area contributed by atoms with Crippen LogP contribution in [0.1, 0.15) is 44.9 Å². The van der Waals surface area contributed by atoms with Gasteiger partial charge in [-0.15, -0.1) is 0 Å². The highest BCUT2D eigenvalue weighted by atomic mass is 16.5. The number of benzene rings is 1. The molecule has 0 radical (unpaired) electrons. The van der Waals surface area contributed by atoms with Crippen LogP contribution >= 0.6 is 0 Å². The van der Waals surface area contributed by atoms with E-state index in [0.717, 1.165) is 48.4 Å². The third-order valence-corrected chi connectivity index (χ3v) is 5.61. The highest BCUT2D eigenvalue weighted by molar-refractivity contribution is 5.91. The van der Waals surface area contributed by atoms with Gasteiger partial charge in [0, 0.05) is 30.9 Å². The lowest BCUT2D eigenvalue weighted by Crippen LogP contribution is -2.21. The summed E-state index contributed by atoms with van der Waals surface area (Å²) in [6.45, 7) is 2.08. The maximum atomic E-state index is 6.29. The minimum atomic E-state index is 0.343. The fourth-order valence-electron chi connectivity index (χ4n) is 4.19. The molecule has 0 unspecified atom stereocenters. The number of fused-ring (bicyclic) bond motifs is 1. The first-order chi connectivity index (χ1) is 13.4. The zero-order valence-electron chi connectivity index (χ0n) is 15.5. The summed E-state index contributed by atoms with van der Waals surface area (Å²) in [5, 5.41) is 5.37. The molecule has 3 aromatic rings. The molecule has 0 spiro atoms. The van der Waals surface area contributed by atoms with E-state index >= 15 is 0 Å². The van der Waals surface area contributed by atoms with Crippen LogP contribution in [0.3, 0.4) is 0 Å². The van der Waals surface area contributed by atoms with Gasteiger partial charge in [0.2, 0.25) is 0 Å². The second-order valence-electron chi connectivity index (χ2n) is 7.55. The SMILES string of the molecule is c1cnn(-c2nc(N3CCCC3)c3cc(OC4CCCCC4)ccc3n2)c1. The number of aromatic nitrogens is 4. The van der Waals surface area contributed by atoms with Crippen LogP contribution in [0.2, 0.25) is 0 Å². The van der Waals surface area contributed by atoms with Crippen LogP contribution in [-0.4, -0.2) is 38.9 Å². The molecule has 2 aliphatic rings. The normalized spacial score (nSPS) is 18.3. The summed E-state index contributed by atoms with van der Waals surface area (Å²) in [7, 11) is 0. The van der Waals surface area contributed by atoms with Crippen molar-refractivity contribution in [1.82, 2.24) is 19.7 Å². The van der Waals surface area contributed by atoms with Gasteiger partial charge in [-0.2, -0.15) is 10.1 Å². The van der Waals surface area contributed by atoms with Crippen molar-refractivity contribution >= 4 is 16.7 Å². The van der Waals surface area contributed by atoms with E-state index < -0.39 is 0 Å². The molecule has 27 heavy (non-hydrogen) atoms. The van der Waals surface area contributed by atoms with Crippen molar-refractivity contribution in [2.45, 2.75) is 51.0 Å². The Kier molecular flexibility index (Phi) is 4.40. The number of anilines is 1. The van der Waals surface area contributed by atoms with Gasteiger partial charge in [0.1, 0.15) is 11.6 Å². The monoisotopic (exact) mass is 363 g/mol. The predicted octanol–water partition coefficient (Wildman–Crippen LogP) is 4.13. The van der Waals surface area contributed by atoms with Crippen molar-refractivity contribution in [3.8, 4) is 11.7 Å². The highest BCUT2D eigenvalue weighted by Gasteiger charge is 2.20. The maximum absolute atomic E-state index is 6.29. The Balaban J connectivity index is 1.55. The zero-order valence-corrected chi connectivity index (χ0v) is 15.5. The molecule has 0 atom stereocenters. The molecule has 2 aromatic heterocycles. The summed E-state index contributed by atoms with van der Waals surface area (Å²) in [6, 6.07) is 8.13. The summed E-state index contributed by atoms with van der Waals surface area (Å²) < 4.78 is 8.02. The molecule has 140 valence electrons. The van der Waals surface area contributed by atoms with Gasteiger partial charge in [0.15, 0.2) is 0 Å².